The maximum atomic E-state index is 12.8. The number of esters is 1. The highest BCUT2D eigenvalue weighted by atomic mass is 19.4. The zero-order chi connectivity index (χ0) is 17.5. The Labute approximate surface area is 118 Å². The molecule has 3 nitrogen and oxygen atoms in total. The van der Waals surface area contributed by atoms with Crippen molar-refractivity contribution in [3.8, 4) is 0 Å². The fourth-order valence-electron chi connectivity index (χ4n) is 1.43. The van der Waals surface area contributed by atoms with Gasteiger partial charge in [-0.3, -0.25) is 4.79 Å². The molecule has 0 aromatic carbocycles. The van der Waals surface area contributed by atoms with Gasteiger partial charge in [0.2, 0.25) is 0 Å². The van der Waals surface area contributed by atoms with Crippen LogP contribution in [0.3, 0.4) is 0 Å². The molecule has 0 spiro atoms. The number of rotatable bonds is 4. The number of carbonyl (C=O) groups is 1. The van der Waals surface area contributed by atoms with Crippen LogP contribution in [0.5, 0.6) is 0 Å². The largest absolute Gasteiger partial charge is 0.455 e. The van der Waals surface area contributed by atoms with Crippen LogP contribution in [-0.2, 0) is 9.53 Å². The molecule has 0 amide bonds. The lowest BCUT2D eigenvalue weighted by Crippen LogP contribution is -2.70. The second-order valence-electron chi connectivity index (χ2n) is 5.84. The predicted molar refractivity (Wildman–Crippen MR) is 61.3 cm³/mol. The molecular formula is C12H18F6O3. The average Bonchev–Trinajstić information content (AvgIpc) is 2.23. The number of halogens is 6. The molecule has 0 aliphatic rings. The number of hydrogen-bond acceptors (Lipinski definition) is 3. The monoisotopic (exact) mass is 324 g/mol. The van der Waals surface area contributed by atoms with Crippen LogP contribution in [0.2, 0.25) is 0 Å². The van der Waals surface area contributed by atoms with Crippen LogP contribution in [0.1, 0.15) is 41.0 Å². The molecule has 21 heavy (non-hydrogen) atoms. The Morgan fingerprint density at radius 3 is 1.52 bits per heavy atom. The molecule has 0 atom stereocenters. The van der Waals surface area contributed by atoms with Crippen molar-refractivity contribution in [3.63, 3.8) is 0 Å². The Morgan fingerprint density at radius 2 is 1.29 bits per heavy atom. The van der Waals surface area contributed by atoms with Crippen LogP contribution >= 0.6 is 0 Å². The molecule has 0 aliphatic carbocycles. The quantitative estimate of drug-likeness (QED) is 0.635. The maximum Gasteiger partial charge on any atom is 0.430 e. The second-order valence-corrected chi connectivity index (χ2v) is 5.84. The van der Waals surface area contributed by atoms with E-state index in [1.54, 1.807) is 0 Å². The molecule has 0 aromatic heterocycles. The third kappa shape index (κ3) is 3.44. The molecular weight excluding hydrogens is 306 g/mol. The summed E-state index contributed by atoms with van der Waals surface area (Å²) in [6, 6.07) is 0. The van der Waals surface area contributed by atoms with Gasteiger partial charge in [0, 0.05) is 0 Å². The zero-order valence-electron chi connectivity index (χ0n) is 12.2. The molecule has 0 aliphatic heterocycles. The van der Waals surface area contributed by atoms with Gasteiger partial charge in [-0.2, -0.15) is 26.3 Å². The minimum atomic E-state index is -6.06. The van der Waals surface area contributed by atoms with Gasteiger partial charge in [-0.05, 0) is 34.1 Å². The van der Waals surface area contributed by atoms with E-state index in [9.17, 15) is 36.2 Å². The van der Waals surface area contributed by atoms with Crippen molar-refractivity contribution in [1.29, 1.82) is 0 Å². The average molecular weight is 324 g/mol. The molecule has 0 heterocycles. The minimum Gasteiger partial charge on any atom is -0.455 e. The fraction of sp³-hybridized carbons (Fsp3) is 0.917. The van der Waals surface area contributed by atoms with Gasteiger partial charge in [-0.1, -0.05) is 6.92 Å². The number of ether oxygens (including phenoxy) is 1. The first-order valence-electron chi connectivity index (χ1n) is 6.03. The van der Waals surface area contributed by atoms with Crippen LogP contribution in [0, 0.1) is 5.41 Å². The van der Waals surface area contributed by atoms with Gasteiger partial charge in [0.05, 0.1) is 5.41 Å². The normalized spacial score (nSPS) is 15.0. The summed E-state index contributed by atoms with van der Waals surface area (Å²) in [5.41, 5.74) is -9.70. The molecule has 0 saturated heterocycles. The number of alkyl halides is 6. The minimum absolute atomic E-state index is 0.137. The highest BCUT2D eigenvalue weighted by molar-refractivity contribution is 5.76. The molecule has 0 fully saturated rings. The second kappa shape index (κ2) is 5.33. The van der Waals surface area contributed by atoms with Crippen molar-refractivity contribution in [2.24, 2.45) is 5.41 Å². The van der Waals surface area contributed by atoms with E-state index in [-0.39, 0.29) is 6.42 Å². The van der Waals surface area contributed by atoms with Crippen molar-refractivity contribution in [2.75, 3.05) is 0 Å². The van der Waals surface area contributed by atoms with Crippen molar-refractivity contribution >= 4 is 5.97 Å². The van der Waals surface area contributed by atoms with E-state index in [1.807, 2.05) is 0 Å². The van der Waals surface area contributed by atoms with Crippen molar-refractivity contribution in [2.45, 2.75) is 64.6 Å². The first-order chi connectivity index (χ1) is 8.94. The summed E-state index contributed by atoms with van der Waals surface area (Å²) >= 11 is 0. The Balaban J connectivity index is 5.79. The predicted octanol–water partition coefficient (Wildman–Crippen LogP) is 3.60. The summed E-state index contributed by atoms with van der Waals surface area (Å²) in [6.07, 6.45) is -12.0. The SMILES string of the molecule is CCC(C)(C)C(=O)OC(C)(C)C(O)(C(F)(F)F)C(F)(F)F. The van der Waals surface area contributed by atoms with Crippen LogP contribution in [-0.4, -0.2) is 34.6 Å². The van der Waals surface area contributed by atoms with Crippen LogP contribution in [0.15, 0.2) is 0 Å². The Morgan fingerprint density at radius 1 is 0.952 bits per heavy atom. The lowest BCUT2D eigenvalue weighted by Gasteiger charge is -2.44. The standard InChI is InChI=1S/C12H18F6O3/c1-6-8(2,3)7(19)21-9(4,5)10(20,11(13,14)15)12(16,17)18/h20H,6H2,1-5H3. The van der Waals surface area contributed by atoms with Gasteiger partial charge in [0.1, 0.15) is 0 Å². The number of aliphatic hydroxyl groups is 1. The Bertz CT molecular complexity index is 381. The van der Waals surface area contributed by atoms with Gasteiger partial charge < -0.3 is 9.84 Å². The Hall–Kier alpha value is -0.990. The smallest absolute Gasteiger partial charge is 0.430 e. The van der Waals surface area contributed by atoms with Crippen molar-refractivity contribution in [3.05, 3.63) is 0 Å². The first-order valence-corrected chi connectivity index (χ1v) is 6.03. The van der Waals surface area contributed by atoms with Crippen LogP contribution in [0.25, 0.3) is 0 Å². The van der Waals surface area contributed by atoms with Gasteiger partial charge in [0.25, 0.3) is 5.60 Å². The summed E-state index contributed by atoms with van der Waals surface area (Å²) < 4.78 is 81.0. The highest BCUT2D eigenvalue weighted by Crippen LogP contribution is 2.51. The molecule has 1 N–H and O–H groups in total. The van der Waals surface area contributed by atoms with E-state index in [1.165, 1.54) is 20.8 Å². The molecule has 0 bridgehead atoms. The van der Waals surface area contributed by atoms with Gasteiger partial charge in [-0.15, -0.1) is 0 Å². The molecule has 126 valence electrons. The zero-order valence-corrected chi connectivity index (χ0v) is 12.2. The summed E-state index contributed by atoms with van der Waals surface area (Å²) in [5.74, 6) is -1.26. The third-order valence-corrected chi connectivity index (χ3v) is 3.48. The van der Waals surface area contributed by atoms with Crippen molar-refractivity contribution < 1.29 is 41.0 Å². The molecule has 0 unspecified atom stereocenters. The summed E-state index contributed by atoms with van der Waals surface area (Å²) in [5, 5.41) is 9.27. The molecule has 0 saturated carbocycles. The first kappa shape index (κ1) is 20.0. The van der Waals surface area contributed by atoms with E-state index < -0.39 is 34.9 Å². The molecule has 0 aromatic rings. The van der Waals surface area contributed by atoms with E-state index in [0.29, 0.717) is 13.8 Å². The van der Waals surface area contributed by atoms with Crippen LogP contribution < -0.4 is 0 Å². The van der Waals surface area contributed by atoms with Crippen LogP contribution in [0.4, 0.5) is 26.3 Å². The van der Waals surface area contributed by atoms with Crippen molar-refractivity contribution in [1.82, 2.24) is 0 Å². The molecule has 0 rings (SSSR count). The lowest BCUT2D eigenvalue weighted by molar-refractivity contribution is -0.408. The van der Waals surface area contributed by atoms with E-state index >= 15 is 0 Å². The van der Waals surface area contributed by atoms with E-state index in [2.05, 4.69) is 4.74 Å². The summed E-state index contributed by atoms with van der Waals surface area (Å²) in [7, 11) is 0. The lowest BCUT2D eigenvalue weighted by atomic mass is 9.83. The summed E-state index contributed by atoms with van der Waals surface area (Å²) in [4.78, 5) is 11.7. The van der Waals surface area contributed by atoms with Gasteiger partial charge >= 0.3 is 18.3 Å². The van der Waals surface area contributed by atoms with Gasteiger partial charge in [0.15, 0.2) is 5.60 Å². The molecule has 0 radical (unpaired) electrons. The number of carbonyl (C=O) groups excluding carboxylic acids is 1. The third-order valence-electron chi connectivity index (χ3n) is 3.48. The van der Waals surface area contributed by atoms with Gasteiger partial charge in [-0.25, -0.2) is 0 Å². The van der Waals surface area contributed by atoms with E-state index in [4.69, 9.17) is 0 Å². The molecule has 9 heteroatoms. The highest BCUT2D eigenvalue weighted by Gasteiger charge is 2.78. The summed E-state index contributed by atoms with van der Waals surface area (Å²) in [6.45, 7) is 4.89. The topological polar surface area (TPSA) is 46.5 Å². The van der Waals surface area contributed by atoms with E-state index in [0.717, 1.165) is 0 Å². The Kier molecular flexibility index (Phi) is 5.08. The number of hydrogen-bond donors (Lipinski definition) is 1. The maximum absolute atomic E-state index is 12.8. The fourth-order valence-corrected chi connectivity index (χ4v) is 1.43.